The lowest BCUT2D eigenvalue weighted by molar-refractivity contribution is -0.142. The van der Waals surface area contributed by atoms with E-state index in [1.54, 1.807) is 42.5 Å². The molecule has 0 aliphatic rings. The largest absolute Gasteiger partial charge is 0.489 e. The van der Waals surface area contributed by atoms with Gasteiger partial charge >= 0.3 is 5.97 Å². The molecule has 6 nitrogen and oxygen atoms in total. The van der Waals surface area contributed by atoms with Crippen molar-refractivity contribution in [1.29, 1.82) is 0 Å². The van der Waals surface area contributed by atoms with Gasteiger partial charge in [-0.2, -0.15) is 0 Å². The molecule has 0 saturated carbocycles. The number of hydrogen-bond donors (Lipinski definition) is 1. The molecule has 3 rings (SSSR count). The van der Waals surface area contributed by atoms with Gasteiger partial charge in [0.05, 0.1) is 6.21 Å². The molecule has 0 aliphatic carbocycles. The summed E-state index contributed by atoms with van der Waals surface area (Å²) in [5.41, 5.74) is 2.11. The maximum atomic E-state index is 13.1. The predicted octanol–water partition coefficient (Wildman–Crippen LogP) is 4.56. The van der Waals surface area contributed by atoms with E-state index < -0.39 is 12.6 Å². The lowest BCUT2D eigenvalue weighted by Crippen LogP contribution is -2.03. The minimum atomic E-state index is -1.14. The van der Waals surface area contributed by atoms with Crippen LogP contribution >= 0.6 is 0 Å². The van der Waals surface area contributed by atoms with E-state index in [2.05, 4.69) is 9.99 Å². The number of aliphatic carboxylic acids is 1. The van der Waals surface area contributed by atoms with Crippen molar-refractivity contribution in [3.05, 3.63) is 95.1 Å². The fourth-order valence-corrected chi connectivity index (χ4v) is 2.52. The highest BCUT2D eigenvalue weighted by Crippen LogP contribution is 2.24. The van der Waals surface area contributed by atoms with Gasteiger partial charge in [0.1, 0.15) is 36.3 Å². The number of carbonyl (C=O) groups is 1. The second-order valence-electron chi connectivity index (χ2n) is 6.47. The summed E-state index contributed by atoms with van der Waals surface area (Å²) in [6, 6.07) is 16.9. The first-order valence-electron chi connectivity index (χ1n) is 9.24. The van der Waals surface area contributed by atoms with E-state index in [1.807, 2.05) is 0 Å². The van der Waals surface area contributed by atoms with Gasteiger partial charge in [0.25, 0.3) is 0 Å². The van der Waals surface area contributed by atoms with Gasteiger partial charge in [0.2, 0.25) is 6.61 Å². The van der Waals surface area contributed by atoms with Crippen LogP contribution in [0.15, 0.2) is 71.9 Å². The Kier molecular flexibility index (Phi) is 7.53. The molecule has 0 aliphatic heterocycles. The Hall–Kier alpha value is -3.94. The average Bonchev–Trinajstić information content (AvgIpc) is 2.76. The van der Waals surface area contributed by atoms with E-state index in [9.17, 15) is 13.6 Å². The number of carboxylic acid groups (broad SMARTS) is 1. The van der Waals surface area contributed by atoms with Crippen LogP contribution in [0.2, 0.25) is 0 Å². The second-order valence-corrected chi connectivity index (χ2v) is 6.47. The highest BCUT2D eigenvalue weighted by molar-refractivity contribution is 5.80. The van der Waals surface area contributed by atoms with Crippen LogP contribution in [0, 0.1) is 11.6 Å². The molecule has 3 aromatic carbocycles. The normalized spacial score (nSPS) is 10.8. The van der Waals surface area contributed by atoms with Crippen molar-refractivity contribution < 1.29 is 33.0 Å². The summed E-state index contributed by atoms with van der Waals surface area (Å²) >= 11 is 0. The Morgan fingerprint density at radius 1 is 0.839 bits per heavy atom. The highest BCUT2D eigenvalue weighted by atomic mass is 19.1. The van der Waals surface area contributed by atoms with Crippen molar-refractivity contribution in [2.45, 2.75) is 13.2 Å². The number of ether oxygens (including phenoxy) is 2. The van der Waals surface area contributed by atoms with Gasteiger partial charge in [-0.1, -0.05) is 29.4 Å². The SMILES string of the molecule is O=C(O)CO/N=C\c1cc(OCc2ccc(F)cc2)cc(OCc2ccc(F)cc2)c1. The molecule has 0 bridgehead atoms. The monoisotopic (exact) mass is 427 g/mol. The van der Waals surface area contributed by atoms with Crippen molar-refractivity contribution in [2.75, 3.05) is 6.61 Å². The van der Waals surface area contributed by atoms with E-state index >= 15 is 0 Å². The van der Waals surface area contributed by atoms with Crippen LogP contribution in [-0.4, -0.2) is 23.9 Å². The topological polar surface area (TPSA) is 77.4 Å². The van der Waals surface area contributed by atoms with Crippen molar-refractivity contribution >= 4 is 12.2 Å². The summed E-state index contributed by atoms with van der Waals surface area (Å²) in [4.78, 5) is 15.2. The third kappa shape index (κ3) is 7.43. The van der Waals surface area contributed by atoms with Gasteiger partial charge in [-0.15, -0.1) is 0 Å². The zero-order chi connectivity index (χ0) is 22.1. The molecule has 0 atom stereocenters. The first-order valence-corrected chi connectivity index (χ1v) is 9.24. The summed E-state index contributed by atoms with van der Waals surface area (Å²) in [6.07, 6.45) is 1.33. The Balaban J connectivity index is 1.72. The summed E-state index contributed by atoms with van der Waals surface area (Å²) in [5, 5.41) is 12.2. The van der Waals surface area contributed by atoms with Crippen LogP contribution < -0.4 is 9.47 Å². The molecule has 0 saturated heterocycles. The number of rotatable bonds is 10. The van der Waals surface area contributed by atoms with E-state index in [0.717, 1.165) is 11.1 Å². The van der Waals surface area contributed by atoms with Gasteiger partial charge in [-0.05, 0) is 47.5 Å². The lowest BCUT2D eigenvalue weighted by atomic mass is 10.2. The number of carboxylic acids is 1. The molecule has 0 fully saturated rings. The smallest absolute Gasteiger partial charge is 0.344 e. The minimum Gasteiger partial charge on any atom is -0.489 e. The zero-order valence-corrected chi connectivity index (χ0v) is 16.3. The summed E-state index contributed by atoms with van der Waals surface area (Å²) < 4.78 is 37.7. The number of nitrogens with zero attached hydrogens (tertiary/aromatic N) is 1. The number of halogens is 2. The van der Waals surface area contributed by atoms with E-state index in [1.165, 1.54) is 30.5 Å². The molecule has 160 valence electrons. The van der Waals surface area contributed by atoms with Crippen LogP contribution in [0.1, 0.15) is 16.7 Å². The maximum absolute atomic E-state index is 13.1. The molecule has 0 aromatic heterocycles. The average molecular weight is 427 g/mol. The van der Waals surface area contributed by atoms with Crippen molar-refractivity contribution in [2.24, 2.45) is 5.16 Å². The molecular formula is C23H19F2NO5. The Morgan fingerprint density at radius 3 is 1.77 bits per heavy atom. The zero-order valence-electron chi connectivity index (χ0n) is 16.3. The third-order valence-corrected chi connectivity index (χ3v) is 4.00. The van der Waals surface area contributed by atoms with Crippen molar-refractivity contribution in [1.82, 2.24) is 0 Å². The minimum absolute atomic E-state index is 0.202. The van der Waals surface area contributed by atoms with Crippen LogP contribution in [-0.2, 0) is 22.8 Å². The van der Waals surface area contributed by atoms with Gasteiger partial charge in [-0.3, -0.25) is 0 Å². The first kappa shape index (κ1) is 21.8. The Morgan fingerprint density at radius 2 is 1.32 bits per heavy atom. The van der Waals surface area contributed by atoms with Gasteiger partial charge < -0.3 is 19.4 Å². The molecule has 0 radical (unpaired) electrons. The third-order valence-electron chi connectivity index (χ3n) is 4.00. The quantitative estimate of drug-likeness (QED) is 0.379. The van der Waals surface area contributed by atoms with E-state index in [-0.39, 0.29) is 24.8 Å². The number of hydrogen-bond acceptors (Lipinski definition) is 5. The molecule has 0 unspecified atom stereocenters. The van der Waals surface area contributed by atoms with Crippen molar-refractivity contribution in [3.63, 3.8) is 0 Å². The summed E-state index contributed by atoms with van der Waals surface area (Å²) in [7, 11) is 0. The molecule has 8 heteroatoms. The fourth-order valence-electron chi connectivity index (χ4n) is 2.52. The van der Waals surface area contributed by atoms with Crippen LogP contribution in [0.4, 0.5) is 8.78 Å². The molecule has 31 heavy (non-hydrogen) atoms. The standard InChI is InChI=1S/C23H19F2NO5/c24-19-5-1-16(2-6-19)13-29-21-9-18(12-26-31-15-23(27)28)10-22(11-21)30-14-17-3-7-20(25)8-4-17/h1-12H,13-15H2,(H,27,28)/b26-12-. The van der Waals surface area contributed by atoms with Crippen LogP contribution in [0.25, 0.3) is 0 Å². The molecule has 1 N–H and O–H groups in total. The van der Waals surface area contributed by atoms with Crippen LogP contribution in [0.3, 0.4) is 0 Å². The number of benzene rings is 3. The lowest BCUT2D eigenvalue weighted by Gasteiger charge is -2.11. The molecule has 0 amide bonds. The predicted molar refractivity (Wildman–Crippen MR) is 109 cm³/mol. The second kappa shape index (κ2) is 10.7. The summed E-state index contributed by atoms with van der Waals surface area (Å²) in [5.74, 6) is -0.891. The van der Waals surface area contributed by atoms with Crippen LogP contribution in [0.5, 0.6) is 11.5 Å². The molecule has 0 spiro atoms. The van der Waals surface area contributed by atoms with Gasteiger partial charge in [0.15, 0.2) is 0 Å². The van der Waals surface area contributed by atoms with Gasteiger partial charge in [-0.25, -0.2) is 13.6 Å². The molecular weight excluding hydrogens is 408 g/mol. The highest BCUT2D eigenvalue weighted by Gasteiger charge is 2.05. The van der Waals surface area contributed by atoms with E-state index in [4.69, 9.17) is 14.6 Å². The first-order chi connectivity index (χ1) is 15.0. The summed E-state index contributed by atoms with van der Waals surface area (Å²) in [6.45, 7) is -0.160. The van der Waals surface area contributed by atoms with Crippen molar-refractivity contribution in [3.8, 4) is 11.5 Å². The Bertz CT molecular complexity index is 969. The Labute approximate surface area is 177 Å². The maximum Gasteiger partial charge on any atom is 0.344 e. The van der Waals surface area contributed by atoms with E-state index in [0.29, 0.717) is 17.1 Å². The fraction of sp³-hybridized carbons (Fsp3) is 0.130. The van der Waals surface area contributed by atoms with Gasteiger partial charge in [0, 0.05) is 11.6 Å². The molecule has 0 heterocycles. The number of oxime groups is 1. The molecule has 3 aromatic rings.